The summed E-state index contributed by atoms with van der Waals surface area (Å²) in [6.07, 6.45) is 5.59. The molecule has 2 aromatic rings. The van der Waals surface area contributed by atoms with Gasteiger partial charge in [0.15, 0.2) is 0 Å². The van der Waals surface area contributed by atoms with Gasteiger partial charge in [0.25, 0.3) is 0 Å². The van der Waals surface area contributed by atoms with Crippen LogP contribution in [0.4, 0.5) is 5.82 Å². The second-order valence-electron chi connectivity index (χ2n) is 6.21. The highest BCUT2D eigenvalue weighted by atomic mass is 79.9. The Labute approximate surface area is 135 Å². The molecule has 22 heavy (non-hydrogen) atoms. The van der Waals surface area contributed by atoms with E-state index in [-0.39, 0.29) is 5.56 Å². The lowest BCUT2D eigenvalue weighted by Gasteiger charge is -2.41. The minimum Gasteiger partial charge on any atom is -0.478 e. The van der Waals surface area contributed by atoms with Gasteiger partial charge in [-0.15, -0.1) is 0 Å². The van der Waals surface area contributed by atoms with E-state index < -0.39 is 5.97 Å². The Morgan fingerprint density at radius 1 is 1.36 bits per heavy atom. The van der Waals surface area contributed by atoms with Gasteiger partial charge in [-0.3, -0.25) is 4.68 Å². The first-order chi connectivity index (χ1) is 10.5. The van der Waals surface area contributed by atoms with Crippen LogP contribution in [-0.2, 0) is 6.54 Å². The van der Waals surface area contributed by atoms with Crippen molar-refractivity contribution in [2.24, 2.45) is 5.41 Å². The van der Waals surface area contributed by atoms with Crippen LogP contribution in [0.5, 0.6) is 0 Å². The third kappa shape index (κ3) is 2.39. The standard InChI is InChI=1S/C15H15BrN4O2/c16-13-10(6-20-7-11(5-17-20)14(21)22)1-2-12(18-13)19-8-15(9-19)3-4-15/h1-2,5,7H,3-4,6,8-9H2,(H,21,22). The van der Waals surface area contributed by atoms with E-state index in [0.29, 0.717) is 12.0 Å². The van der Waals surface area contributed by atoms with Gasteiger partial charge in [0.2, 0.25) is 0 Å². The summed E-state index contributed by atoms with van der Waals surface area (Å²) in [6, 6.07) is 4.05. The molecule has 1 aliphatic heterocycles. The van der Waals surface area contributed by atoms with E-state index in [1.165, 1.54) is 25.2 Å². The molecule has 0 atom stereocenters. The molecule has 1 saturated carbocycles. The number of hydrogen-bond acceptors (Lipinski definition) is 4. The number of aromatic carboxylic acids is 1. The maximum absolute atomic E-state index is 10.9. The summed E-state index contributed by atoms with van der Waals surface area (Å²) in [7, 11) is 0. The van der Waals surface area contributed by atoms with E-state index in [4.69, 9.17) is 5.11 Å². The van der Waals surface area contributed by atoms with Gasteiger partial charge in [-0.05, 0) is 34.8 Å². The minimum absolute atomic E-state index is 0.191. The number of pyridine rings is 1. The quantitative estimate of drug-likeness (QED) is 0.845. The van der Waals surface area contributed by atoms with Gasteiger partial charge < -0.3 is 10.0 Å². The zero-order valence-corrected chi connectivity index (χ0v) is 13.5. The molecule has 0 amide bonds. The van der Waals surface area contributed by atoms with Crippen molar-refractivity contribution in [1.29, 1.82) is 0 Å². The highest BCUT2D eigenvalue weighted by molar-refractivity contribution is 9.10. The van der Waals surface area contributed by atoms with Crippen molar-refractivity contribution < 1.29 is 9.90 Å². The largest absolute Gasteiger partial charge is 0.478 e. The number of carboxylic acid groups (broad SMARTS) is 1. The van der Waals surface area contributed by atoms with Crippen molar-refractivity contribution in [3.8, 4) is 0 Å². The van der Waals surface area contributed by atoms with Crippen LogP contribution in [0.3, 0.4) is 0 Å². The van der Waals surface area contributed by atoms with Crippen LogP contribution in [0.1, 0.15) is 28.8 Å². The molecule has 4 rings (SSSR count). The lowest BCUT2D eigenvalue weighted by molar-refractivity contribution is 0.0697. The zero-order chi connectivity index (χ0) is 15.3. The van der Waals surface area contributed by atoms with E-state index in [1.54, 1.807) is 4.68 Å². The molecule has 0 bridgehead atoms. The van der Waals surface area contributed by atoms with E-state index >= 15 is 0 Å². The fourth-order valence-electron chi connectivity index (χ4n) is 2.90. The van der Waals surface area contributed by atoms with E-state index in [1.807, 2.05) is 12.1 Å². The maximum Gasteiger partial charge on any atom is 0.338 e. The molecular weight excluding hydrogens is 348 g/mol. The Hall–Kier alpha value is -1.89. The fraction of sp³-hybridized carbons (Fsp3) is 0.400. The Bertz CT molecular complexity index is 746. The molecule has 0 aromatic carbocycles. The van der Waals surface area contributed by atoms with Gasteiger partial charge in [0.05, 0.1) is 18.3 Å². The van der Waals surface area contributed by atoms with Crippen molar-refractivity contribution in [2.45, 2.75) is 19.4 Å². The van der Waals surface area contributed by atoms with Crippen molar-refractivity contribution in [3.05, 3.63) is 40.3 Å². The van der Waals surface area contributed by atoms with Crippen LogP contribution in [0.15, 0.2) is 29.1 Å². The third-order valence-corrected chi connectivity index (χ3v) is 5.14. The second-order valence-corrected chi connectivity index (χ2v) is 6.96. The van der Waals surface area contributed by atoms with Crippen molar-refractivity contribution >= 4 is 27.7 Å². The summed E-state index contributed by atoms with van der Waals surface area (Å²) in [5.74, 6) is 0.0328. The van der Waals surface area contributed by atoms with Crippen LogP contribution in [-0.4, -0.2) is 38.9 Å². The van der Waals surface area contributed by atoms with Gasteiger partial charge in [-0.25, -0.2) is 9.78 Å². The summed E-state index contributed by atoms with van der Waals surface area (Å²) in [6.45, 7) is 2.73. The molecule has 6 nitrogen and oxygen atoms in total. The summed E-state index contributed by atoms with van der Waals surface area (Å²) in [4.78, 5) is 17.8. The summed E-state index contributed by atoms with van der Waals surface area (Å²) in [5, 5.41) is 13.0. The number of rotatable bonds is 4. The fourth-order valence-corrected chi connectivity index (χ4v) is 3.34. The summed E-state index contributed by atoms with van der Waals surface area (Å²) in [5.41, 5.74) is 1.77. The third-order valence-electron chi connectivity index (χ3n) is 4.46. The van der Waals surface area contributed by atoms with E-state index in [0.717, 1.165) is 29.1 Å². The van der Waals surface area contributed by atoms with Gasteiger partial charge in [-0.2, -0.15) is 5.10 Å². The molecule has 114 valence electrons. The van der Waals surface area contributed by atoms with Crippen LogP contribution in [0, 0.1) is 5.41 Å². The Morgan fingerprint density at radius 2 is 2.14 bits per heavy atom. The lowest BCUT2D eigenvalue weighted by atomic mass is 9.97. The molecule has 1 spiro atoms. The minimum atomic E-state index is -0.967. The number of aromatic nitrogens is 3. The molecule has 1 N–H and O–H groups in total. The Balaban J connectivity index is 1.48. The van der Waals surface area contributed by atoms with Gasteiger partial charge in [-0.1, -0.05) is 6.07 Å². The molecule has 1 saturated heterocycles. The van der Waals surface area contributed by atoms with Crippen molar-refractivity contribution in [1.82, 2.24) is 14.8 Å². The molecule has 1 aliphatic carbocycles. The molecule has 2 fully saturated rings. The van der Waals surface area contributed by atoms with Crippen LogP contribution in [0.2, 0.25) is 0 Å². The molecule has 7 heteroatoms. The lowest BCUT2D eigenvalue weighted by Crippen LogP contribution is -2.48. The Kier molecular flexibility index (Phi) is 3.00. The van der Waals surface area contributed by atoms with Crippen molar-refractivity contribution in [2.75, 3.05) is 18.0 Å². The molecule has 2 aromatic heterocycles. The second kappa shape index (κ2) is 4.81. The average molecular weight is 363 g/mol. The van der Waals surface area contributed by atoms with E-state index in [9.17, 15) is 4.79 Å². The number of hydrogen-bond donors (Lipinski definition) is 1. The Morgan fingerprint density at radius 3 is 2.73 bits per heavy atom. The van der Waals surface area contributed by atoms with Gasteiger partial charge in [0, 0.05) is 30.3 Å². The summed E-state index contributed by atoms with van der Waals surface area (Å²) < 4.78 is 2.39. The number of halogens is 1. The number of carboxylic acids is 1. The molecule has 0 radical (unpaired) electrons. The molecule has 3 heterocycles. The number of anilines is 1. The summed E-state index contributed by atoms with van der Waals surface area (Å²) >= 11 is 3.51. The molecule has 0 unspecified atom stereocenters. The van der Waals surface area contributed by atoms with Crippen LogP contribution in [0.25, 0.3) is 0 Å². The molecular formula is C15H15BrN4O2. The number of nitrogens with zero attached hydrogens (tertiary/aromatic N) is 4. The predicted octanol–water partition coefficient (Wildman–Crippen LogP) is 2.39. The average Bonchev–Trinajstić information content (AvgIpc) is 3.11. The maximum atomic E-state index is 10.9. The first-order valence-electron chi connectivity index (χ1n) is 7.21. The SMILES string of the molecule is O=C(O)c1cnn(Cc2ccc(N3CC4(CC4)C3)nc2Br)c1. The van der Waals surface area contributed by atoms with Crippen molar-refractivity contribution in [3.63, 3.8) is 0 Å². The topological polar surface area (TPSA) is 71.2 Å². The van der Waals surface area contributed by atoms with Crippen LogP contribution >= 0.6 is 15.9 Å². The first-order valence-corrected chi connectivity index (χ1v) is 8.00. The smallest absolute Gasteiger partial charge is 0.338 e. The highest BCUT2D eigenvalue weighted by Crippen LogP contribution is 2.53. The molecule has 2 aliphatic rings. The normalized spacial score (nSPS) is 18.3. The van der Waals surface area contributed by atoms with Crippen LogP contribution < -0.4 is 4.90 Å². The van der Waals surface area contributed by atoms with Gasteiger partial charge >= 0.3 is 5.97 Å². The zero-order valence-electron chi connectivity index (χ0n) is 11.9. The number of carbonyl (C=O) groups is 1. The predicted molar refractivity (Wildman–Crippen MR) is 84.1 cm³/mol. The van der Waals surface area contributed by atoms with E-state index in [2.05, 4.69) is 30.9 Å². The van der Waals surface area contributed by atoms with Gasteiger partial charge in [0.1, 0.15) is 10.4 Å². The highest BCUT2D eigenvalue weighted by Gasteiger charge is 2.52. The first kappa shape index (κ1) is 13.8. The monoisotopic (exact) mass is 362 g/mol.